The highest BCUT2D eigenvalue weighted by Gasteiger charge is 2.13. The fourth-order valence-electron chi connectivity index (χ4n) is 0.749. The van der Waals surface area contributed by atoms with E-state index in [1.165, 1.54) is 0 Å². The van der Waals surface area contributed by atoms with Gasteiger partial charge in [-0.15, -0.1) is 0 Å². The maximum Gasteiger partial charge on any atom is 0.159 e. The Morgan fingerprint density at radius 2 is 1.64 bits per heavy atom. The molecule has 0 saturated carbocycles. The number of aliphatic hydroxyl groups excluding tert-OH is 1. The van der Waals surface area contributed by atoms with Gasteiger partial charge in [-0.25, -0.2) is 0 Å². The molecule has 0 heterocycles. The van der Waals surface area contributed by atoms with Gasteiger partial charge in [-0.2, -0.15) is 0 Å². The molecule has 0 aromatic rings. The molecular formula is C7H16O4. The van der Waals surface area contributed by atoms with E-state index in [1.807, 2.05) is 0 Å². The molecule has 4 heteroatoms. The lowest BCUT2D eigenvalue weighted by Gasteiger charge is -2.18. The van der Waals surface area contributed by atoms with Crippen LogP contribution in [-0.2, 0) is 14.2 Å². The van der Waals surface area contributed by atoms with E-state index in [9.17, 15) is 0 Å². The molecule has 0 aliphatic carbocycles. The number of aliphatic hydroxyl groups is 1. The molecular weight excluding hydrogens is 148 g/mol. The maximum atomic E-state index is 8.73. The number of methoxy groups -OCH3 is 3. The van der Waals surface area contributed by atoms with Crippen LogP contribution in [0.4, 0.5) is 0 Å². The molecule has 0 amide bonds. The van der Waals surface area contributed by atoms with E-state index in [4.69, 9.17) is 19.3 Å². The molecule has 0 fully saturated rings. The predicted octanol–water partition coefficient (Wildman–Crippen LogP) is 0.00270. The molecule has 0 saturated heterocycles. The molecule has 0 radical (unpaired) electrons. The molecule has 1 atom stereocenters. The van der Waals surface area contributed by atoms with Gasteiger partial charge in [0.2, 0.25) is 0 Å². The highest BCUT2D eigenvalue weighted by Crippen LogP contribution is 2.04. The number of hydrogen-bond donors (Lipinski definition) is 1. The average molecular weight is 164 g/mol. The van der Waals surface area contributed by atoms with Crippen molar-refractivity contribution in [1.82, 2.24) is 0 Å². The number of hydrogen-bond acceptors (Lipinski definition) is 4. The van der Waals surface area contributed by atoms with Crippen molar-refractivity contribution in [3.63, 3.8) is 0 Å². The third-order valence-electron chi connectivity index (χ3n) is 1.52. The molecule has 4 nitrogen and oxygen atoms in total. The first-order chi connectivity index (χ1) is 5.28. The smallest absolute Gasteiger partial charge is 0.159 e. The number of rotatable bonds is 6. The molecule has 11 heavy (non-hydrogen) atoms. The highest BCUT2D eigenvalue weighted by molar-refractivity contribution is 4.57. The SMILES string of the molecule is COC(CO)CC(OC)OC. The van der Waals surface area contributed by atoms with E-state index in [0.717, 1.165) is 0 Å². The summed E-state index contributed by atoms with van der Waals surface area (Å²) >= 11 is 0. The van der Waals surface area contributed by atoms with Gasteiger partial charge >= 0.3 is 0 Å². The summed E-state index contributed by atoms with van der Waals surface area (Å²) in [5.41, 5.74) is 0. The van der Waals surface area contributed by atoms with Crippen LogP contribution in [0.25, 0.3) is 0 Å². The average Bonchev–Trinajstić information content (AvgIpc) is 2.07. The van der Waals surface area contributed by atoms with Crippen molar-refractivity contribution >= 4 is 0 Å². The van der Waals surface area contributed by atoms with Gasteiger partial charge in [0, 0.05) is 27.8 Å². The van der Waals surface area contributed by atoms with Gasteiger partial charge in [-0.3, -0.25) is 0 Å². The fraction of sp³-hybridized carbons (Fsp3) is 1.00. The molecule has 0 aliphatic heterocycles. The summed E-state index contributed by atoms with van der Waals surface area (Å²) in [6.45, 7) is -0.0142. The van der Waals surface area contributed by atoms with Crippen molar-refractivity contribution in [2.24, 2.45) is 0 Å². The lowest BCUT2D eigenvalue weighted by molar-refractivity contribution is -0.130. The van der Waals surface area contributed by atoms with Crippen molar-refractivity contribution in [2.45, 2.75) is 18.8 Å². The van der Waals surface area contributed by atoms with E-state index in [1.54, 1.807) is 21.3 Å². The van der Waals surface area contributed by atoms with E-state index in [-0.39, 0.29) is 19.0 Å². The van der Waals surface area contributed by atoms with E-state index >= 15 is 0 Å². The minimum Gasteiger partial charge on any atom is -0.394 e. The van der Waals surface area contributed by atoms with E-state index in [0.29, 0.717) is 6.42 Å². The zero-order chi connectivity index (χ0) is 8.69. The monoisotopic (exact) mass is 164 g/mol. The van der Waals surface area contributed by atoms with Crippen LogP contribution in [0.1, 0.15) is 6.42 Å². The van der Waals surface area contributed by atoms with Crippen molar-refractivity contribution in [3.8, 4) is 0 Å². The molecule has 68 valence electrons. The van der Waals surface area contributed by atoms with Crippen LogP contribution >= 0.6 is 0 Å². The Hall–Kier alpha value is -0.160. The minimum absolute atomic E-state index is 0.0142. The summed E-state index contributed by atoms with van der Waals surface area (Å²) in [5, 5.41) is 8.73. The minimum atomic E-state index is -0.299. The van der Waals surface area contributed by atoms with Crippen LogP contribution in [0.15, 0.2) is 0 Å². The standard InChI is InChI=1S/C7H16O4/c1-9-6(5-8)4-7(10-2)11-3/h6-8H,4-5H2,1-3H3. The Bertz CT molecular complexity index is 68.5. The zero-order valence-corrected chi connectivity index (χ0v) is 7.24. The van der Waals surface area contributed by atoms with Gasteiger partial charge < -0.3 is 19.3 Å². The van der Waals surface area contributed by atoms with Gasteiger partial charge in [0.1, 0.15) is 0 Å². The molecule has 0 aromatic carbocycles. The second-order valence-corrected chi connectivity index (χ2v) is 2.18. The Morgan fingerprint density at radius 3 is 1.91 bits per heavy atom. The van der Waals surface area contributed by atoms with Gasteiger partial charge in [-0.1, -0.05) is 0 Å². The molecule has 0 spiro atoms. The van der Waals surface area contributed by atoms with Crippen LogP contribution in [0, 0.1) is 0 Å². The molecule has 0 bridgehead atoms. The topological polar surface area (TPSA) is 47.9 Å². The summed E-state index contributed by atoms with van der Waals surface area (Å²) in [7, 11) is 4.65. The van der Waals surface area contributed by atoms with Crippen LogP contribution in [0.2, 0.25) is 0 Å². The Labute approximate surface area is 67.1 Å². The van der Waals surface area contributed by atoms with Crippen LogP contribution in [0.5, 0.6) is 0 Å². The van der Waals surface area contributed by atoms with Crippen LogP contribution in [0.3, 0.4) is 0 Å². The first-order valence-electron chi connectivity index (χ1n) is 3.47. The summed E-state index contributed by atoms with van der Waals surface area (Å²) in [6, 6.07) is 0. The molecule has 0 aliphatic rings. The van der Waals surface area contributed by atoms with Crippen LogP contribution in [-0.4, -0.2) is 45.4 Å². The quantitative estimate of drug-likeness (QED) is 0.561. The molecule has 1 unspecified atom stereocenters. The summed E-state index contributed by atoms with van der Waals surface area (Å²) in [4.78, 5) is 0. The normalized spacial score (nSPS) is 13.9. The summed E-state index contributed by atoms with van der Waals surface area (Å²) < 4.78 is 14.8. The zero-order valence-electron chi connectivity index (χ0n) is 7.24. The van der Waals surface area contributed by atoms with Gasteiger partial charge in [0.05, 0.1) is 12.7 Å². The lowest BCUT2D eigenvalue weighted by atomic mass is 10.2. The van der Waals surface area contributed by atoms with E-state index in [2.05, 4.69) is 0 Å². The molecule has 0 aromatic heterocycles. The van der Waals surface area contributed by atoms with Gasteiger partial charge in [-0.05, 0) is 0 Å². The van der Waals surface area contributed by atoms with Crippen LogP contribution < -0.4 is 0 Å². The third kappa shape index (κ3) is 4.31. The predicted molar refractivity (Wildman–Crippen MR) is 40.3 cm³/mol. The second-order valence-electron chi connectivity index (χ2n) is 2.18. The Kier molecular flexibility index (Phi) is 6.45. The first kappa shape index (κ1) is 10.8. The summed E-state index contributed by atoms with van der Waals surface area (Å²) in [5.74, 6) is 0. The first-order valence-corrected chi connectivity index (χ1v) is 3.47. The fourth-order valence-corrected chi connectivity index (χ4v) is 0.749. The van der Waals surface area contributed by atoms with Crippen molar-refractivity contribution < 1.29 is 19.3 Å². The third-order valence-corrected chi connectivity index (χ3v) is 1.52. The lowest BCUT2D eigenvalue weighted by Crippen LogP contribution is -2.25. The largest absolute Gasteiger partial charge is 0.394 e. The molecule has 1 N–H and O–H groups in total. The Morgan fingerprint density at radius 1 is 1.09 bits per heavy atom. The molecule has 0 rings (SSSR count). The summed E-state index contributed by atoms with van der Waals surface area (Å²) in [6.07, 6.45) is 0.0343. The Balaban J connectivity index is 3.58. The van der Waals surface area contributed by atoms with Crippen molar-refractivity contribution in [2.75, 3.05) is 27.9 Å². The van der Waals surface area contributed by atoms with Crippen molar-refractivity contribution in [3.05, 3.63) is 0 Å². The number of ether oxygens (including phenoxy) is 3. The maximum absolute atomic E-state index is 8.73. The van der Waals surface area contributed by atoms with Crippen molar-refractivity contribution in [1.29, 1.82) is 0 Å². The highest BCUT2D eigenvalue weighted by atomic mass is 16.7. The van der Waals surface area contributed by atoms with E-state index < -0.39 is 0 Å². The second kappa shape index (κ2) is 6.54. The van der Waals surface area contributed by atoms with Gasteiger partial charge in [0.15, 0.2) is 6.29 Å². The van der Waals surface area contributed by atoms with Gasteiger partial charge in [0.25, 0.3) is 0 Å².